The maximum absolute atomic E-state index is 12.9. The Morgan fingerprint density at radius 1 is 0.528 bits per heavy atom. The molecule has 0 atom stereocenters. The first-order chi connectivity index (χ1) is 17.6. The van der Waals surface area contributed by atoms with Crippen molar-refractivity contribution in [3.63, 3.8) is 0 Å². The van der Waals surface area contributed by atoms with Crippen LogP contribution >= 0.6 is 0 Å². The van der Waals surface area contributed by atoms with Crippen molar-refractivity contribution in [2.24, 2.45) is 0 Å². The van der Waals surface area contributed by atoms with Gasteiger partial charge in [-0.05, 0) is 49.9 Å². The van der Waals surface area contributed by atoms with Crippen LogP contribution in [-0.4, -0.2) is 32.6 Å². The number of hydrogen-bond donors (Lipinski definition) is 0. The molecule has 0 aliphatic heterocycles. The zero-order valence-electron chi connectivity index (χ0n) is 22.3. The average molecular weight is 503 g/mol. The standard InChI is InChI=1S/C29H42O7/c1-5-9-19-31-23-15-13-17-25(27(23)33-21-11-7-3)35-29(30)36-26-18-14-16-24(32-20-10-6-2)28(26)34-22-12-8-4/h13-18H,5-12,19-22H2,1-4H3. The highest BCUT2D eigenvalue weighted by Crippen LogP contribution is 2.40. The Labute approximate surface area is 216 Å². The van der Waals surface area contributed by atoms with Crippen molar-refractivity contribution in [2.45, 2.75) is 79.1 Å². The van der Waals surface area contributed by atoms with Crippen LogP contribution < -0.4 is 28.4 Å². The van der Waals surface area contributed by atoms with Gasteiger partial charge in [0.05, 0.1) is 26.4 Å². The molecule has 0 saturated heterocycles. The molecular formula is C29H42O7. The van der Waals surface area contributed by atoms with E-state index in [-0.39, 0.29) is 11.5 Å². The van der Waals surface area contributed by atoms with Crippen molar-refractivity contribution in [3.8, 4) is 34.5 Å². The predicted octanol–water partition coefficient (Wildman–Crippen LogP) is 7.98. The van der Waals surface area contributed by atoms with E-state index in [1.807, 2.05) is 12.1 Å². The summed E-state index contributed by atoms with van der Waals surface area (Å²) >= 11 is 0. The molecule has 0 unspecified atom stereocenters. The van der Waals surface area contributed by atoms with Crippen LogP contribution in [0.2, 0.25) is 0 Å². The van der Waals surface area contributed by atoms with Crippen LogP contribution in [0.25, 0.3) is 0 Å². The van der Waals surface area contributed by atoms with Crippen LogP contribution in [0, 0.1) is 0 Å². The van der Waals surface area contributed by atoms with E-state index in [0.29, 0.717) is 49.4 Å². The zero-order valence-corrected chi connectivity index (χ0v) is 22.3. The van der Waals surface area contributed by atoms with E-state index in [9.17, 15) is 4.79 Å². The quantitative estimate of drug-likeness (QED) is 0.116. The van der Waals surface area contributed by atoms with Gasteiger partial charge in [0, 0.05) is 0 Å². The highest BCUT2D eigenvalue weighted by molar-refractivity contribution is 5.71. The summed E-state index contributed by atoms with van der Waals surface area (Å²) in [5.74, 6) is 2.37. The number of para-hydroxylation sites is 2. The highest BCUT2D eigenvalue weighted by atomic mass is 16.7. The fourth-order valence-electron chi connectivity index (χ4n) is 3.15. The van der Waals surface area contributed by atoms with Gasteiger partial charge in [-0.25, -0.2) is 4.79 Å². The van der Waals surface area contributed by atoms with E-state index in [2.05, 4.69) is 27.7 Å². The summed E-state index contributed by atoms with van der Waals surface area (Å²) in [6.07, 6.45) is 6.66. The van der Waals surface area contributed by atoms with Crippen molar-refractivity contribution in [1.29, 1.82) is 0 Å². The lowest BCUT2D eigenvalue weighted by Gasteiger charge is -2.17. The van der Waals surface area contributed by atoms with Gasteiger partial charge < -0.3 is 28.4 Å². The number of carbonyl (C=O) groups excluding carboxylic acids is 1. The molecular weight excluding hydrogens is 460 g/mol. The summed E-state index contributed by atoms with van der Waals surface area (Å²) in [6.45, 7) is 10.5. The van der Waals surface area contributed by atoms with Crippen molar-refractivity contribution in [2.75, 3.05) is 26.4 Å². The molecule has 36 heavy (non-hydrogen) atoms. The van der Waals surface area contributed by atoms with E-state index in [0.717, 1.165) is 51.4 Å². The molecule has 7 heteroatoms. The number of hydrogen-bond acceptors (Lipinski definition) is 7. The Balaban J connectivity index is 2.21. The van der Waals surface area contributed by atoms with Crippen molar-refractivity contribution < 1.29 is 33.2 Å². The molecule has 0 heterocycles. The summed E-state index contributed by atoms with van der Waals surface area (Å²) in [7, 11) is 0. The first kappa shape index (κ1) is 29.1. The summed E-state index contributed by atoms with van der Waals surface area (Å²) in [5.41, 5.74) is 0. The molecule has 0 saturated carbocycles. The minimum atomic E-state index is -0.896. The minimum Gasteiger partial charge on any atom is -0.490 e. The van der Waals surface area contributed by atoms with Gasteiger partial charge in [0.1, 0.15) is 0 Å². The molecule has 0 aliphatic carbocycles. The molecule has 0 radical (unpaired) electrons. The van der Waals surface area contributed by atoms with Gasteiger partial charge in [0.2, 0.25) is 11.5 Å². The van der Waals surface area contributed by atoms with Crippen molar-refractivity contribution >= 4 is 6.16 Å². The van der Waals surface area contributed by atoms with Crippen LogP contribution in [0.3, 0.4) is 0 Å². The lowest BCUT2D eigenvalue weighted by Crippen LogP contribution is -2.16. The zero-order chi connectivity index (χ0) is 26.0. The largest absolute Gasteiger partial charge is 0.519 e. The third-order valence-corrected chi connectivity index (χ3v) is 5.27. The Hall–Kier alpha value is -3.09. The molecule has 0 aliphatic rings. The molecule has 0 amide bonds. The maximum Gasteiger partial charge on any atom is 0.519 e. The van der Waals surface area contributed by atoms with Gasteiger partial charge in [-0.1, -0.05) is 65.5 Å². The van der Waals surface area contributed by atoms with Gasteiger partial charge in [0.25, 0.3) is 0 Å². The number of benzene rings is 2. The predicted molar refractivity (Wildman–Crippen MR) is 141 cm³/mol. The molecule has 2 aromatic carbocycles. The lowest BCUT2D eigenvalue weighted by molar-refractivity contribution is 0.145. The van der Waals surface area contributed by atoms with E-state index in [4.69, 9.17) is 28.4 Å². The Bertz CT molecular complexity index is 826. The SMILES string of the molecule is CCCCOc1cccc(OC(=O)Oc2cccc(OCCCC)c2OCCCC)c1OCCCC. The average Bonchev–Trinajstić information content (AvgIpc) is 2.87. The molecule has 2 rings (SSSR count). The van der Waals surface area contributed by atoms with Gasteiger partial charge in [-0.15, -0.1) is 0 Å². The van der Waals surface area contributed by atoms with Crippen LogP contribution in [0.4, 0.5) is 4.79 Å². The van der Waals surface area contributed by atoms with Crippen LogP contribution in [0.5, 0.6) is 34.5 Å². The molecule has 0 bridgehead atoms. The molecule has 2 aromatic rings. The molecule has 200 valence electrons. The number of carbonyl (C=O) groups is 1. The second-order valence-electron chi connectivity index (χ2n) is 8.43. The smallest absolute Gasteiger partial charge is 0.490 e. The fraction of sp³-hybridized carbons (Fsp3) is 0.552. The van der Waals surface area contributed by atoms with E-state index < -0.39 is 6.16 Å². The fourth-order valence-corrected chi connectivity index (χ4v) is 3.15. The number of unbranched alkanes of at least 4 members (excludes halogenated alkanes) is 4. The third-order valence-electron chi connectivity index (χ3n) is 5.27. The second kappa shape index (κ2) is 17.4. The summed E-state index contributed by atoms with van der Waals surface area (Å²) in [4.78, 5) is 12.9. The molecule has 0 N–H and O–H groups in total. The number of rotatable bonds is 18. The summed E-state index contributed by atoms with van der Waals surface area (Å²) in [5, 5.41) is 0. The Morgan fingerprint density at radius 3 is 1.22 bits per heavy atom. The summed E-state index contributed by atoms with van der Waals surface area (Å²) in [6, 6.07) is 10.5. The monoisotopic (exact) mass is 502 g/mol. The molecule has 0 spiro atoms. The molecule has 0 aromatic heterocycles. The highest BCUT2D eigenvalue weighted by Gasteiger charge is 2.20. The van der Waals surface area contributed by atoms with E-state index >= 15 is 0 Å². The minimum absolute atomic E-state index is 0.244. The van der Waals surface area contributed by atoms with E-state index in [1.54, 1.807) is 24.3 Å². The second-order valence-corrected chi connectivity index (χ2v) is 8.43. The first-order valence-corrected chi connectivity index (χ1v) is 13.3. The molecule has 7 nitrogen and oxygen atoms in total. The van der Waals surface area contributed by atoms with Gasteiger partial charge in [0.15, 0.2) is 23.0 Å². The Morgan fingerprint density at radius 2 is 0.861 bits per heavy atom. The Kier molecular flexibility index (Phi) is 14.1. The van der Waals surface area contributed by atoms with Crippen molar-refractivity contribution in [3.05, 3.63) is 36.4 Å². The third kappa shape index (κ3) is 9.88. The summed E-state index contributed by atoms with van der Waals surface area (Å²) < 4.78 is 34.9. The maximum atomic E-state index is 12.9. The van der Waals surface area contributed by atoms with Crippen molar-refractivity contribution in [1.82, 2.24) is 0 Å². The first-order valence-electron chi connectivity index (χ1n) is 13.3. The van der Waals surface area contributed by atoms with Crippen LogP contribution in [-0.2, 0) is 0 Å². The van der Waals surface area contributed by atoms with Crippen LogP contribution in [0.1, 0.15) is 79.1 Å². The number of ether oxygens (including phenoxy) is 6. The lowest BCUT2D eigenvalue weighted by atomic mass is 10.3. The molecule has 0 fully saturated rings. The van der Waals surface area contributed by atoms with E-state index in [1.165, 1.54) is 0 Å². The topological polar surface area (TPSA) is 72.5 Å². The van der Waals surface area contributed by atoms with Gasteiger partial charge in [-0.2, -0.15) is 0 Å². The van der Waals surface area contributed by atoms with Gasteiger partial charge >= 0.3 is 6.16 Å². The van der Waals surface area contributed by atoms with Crippen LogP contribution in [0.15, 0.2) is 36.4 Å². The normalized spacial score (nSPS) is 10.6. The van der Waals surface area contributed by atoms with Gasteiger partial charge in [-0.3, -0.25) is 0 Å².